The number of pyridine rings is 1. The van der Waals surface area contributed by atoms with Crippen LogP contribution in [0.5, 0.6) is 11.5 Å². The first-order chi connectivity index (χ1) is 15.6. The fourth-order valence-electron chi connectivity index (χ4n) is 4.05. The number of amides is 1. The molecular formula is C25H20N2O5. The van der Waals surface area contributed by atoms with Gasteiger partial charge in [0.2, 0.25) is 0 Å². The highest BCUT2D eigenvalue weighted by atomic mass is 16.6. The average Bonchev–Trinajstić information content (AvgIpc) is 3.09. The molecule has 7 heteroatoms. The number of hydrogen-bond donors (Lipinski definition) is 1. The molecule has 32 heavy (non-hydrogen) atoms. The number of ketones is 1. The molecule has 2 aliphatic heterocycles. The van der Waals surface area contributed by atoms with Crippen molar-refractivity contribution in [2.24, 2.45) is 0 Å². The van der Waals surface area contributed by atoms with Gasteiger partial charge in [0, 0.05) is 24.5 Å². The fraction of sp³-hybridized carbons (Fsp3) is 0.160. The number of nitrogens with zero attached hydrogens (tertiary/aromatic N) is 2. The molecule has 7 nitrogen and oxygen atoms in total. The highest BCUT2D eigenvalue weighted by Gasteiger charge is 2.46. The Morgan fingerprint density at radius 2 is 1.78 bits per heavy atom. The van der Waals surface area contributed by atoms with E-state index in [9.17, 15) is 14.7 Å². The standard InChI is InChI=1S/C25H20N2O5/c28-23(17-8-9-19-20(13-17)32-12-11-31-19)21-22(18-7-4-10-26-14-18)27(25(30)24(21)29)15-16-5-2-1-3-6-16/h1-10,13-14,22,28H,11-12,15H2/t22-/m1/s1. The zero-order valence-corrected chi connectivity index (χ0v) is 17.1. The van der Waals surface area contributed by atoms with Crippen LogP contribution in [0, 0.1) is 0 Å². The van der Waals surface area contributed by atoms with Gasteiger partial charge in [-0.05, 0) is 35.4 Å². The lowest BCUT2D eigenvalue weighted by atomic mass is 9.96. The smallest absolute Gasteiger partial charge is 0.295 e. The fourth-order valence-corrected chi connectivity index (χ4v) is 4.05. The van der Waals surface area contributed by atoms with Crippen molar-refractivity contribution in [2.45, 2.75) is 12.6 Å². The highest BCUT2D eigenvalue weighted by Crippen LogP contribution is 2.41. The van der Waals surface area contributed by atoms with Crippen LogP contribution in [0.25, 0.3) is 5.76 Å². The number of aromatic nitrogens is 1. The van der Waals surface area contributed by atoms with Crippen molar-refractivity contribution in [1.82, 2.24) is 9.88 Å². The number of aliphatic hydroxyl groups excluding tert-OH is 1. The molecule has 1 aromatic heterocycles. The number of ether oxygens (including phenoxy) is 2. The Kier molecular flexibility index (Phi) is 5.07. The number of hydrogen-bond acceptors (Lipinski definition) is 6. The zero-order chi connectivity index (χ0) is 22.1. The van der Waals surface area contributed by atoms with Crippen LogP contribution in [0.1, 0.15) is 22.7 Å². The summed E-state index contributed by atoms with van der Waals surface area (Å²) in [5, 5.41) is 11.2. The number of likely N-dealkylation sites (tertiary alicyclic amines) is 1. The molecule has 0 saturated carbocycles. The van der Waals surface area contributed by atoms with E-state index in [4.69, 9.17) is 9.47 Å². The van der Waals surface area contributed by atoms with Crippen LogP contribution < -0.4 is 9.47 Å². The zero-order valence-electron chi connectivity index (χ0n) is 17.1. The molecule has 3 heterocycles. The van der Waals surface area contributed by atoms with Gasteiger partial charge in [0.05, 0.1) is 11.6 Å². The summed E-state index contributed by atoms with van der Waals surface area (Å²) in [6.45, 7) is 1.07. The van der Waals surface area contributed by atoms with Gasteiger partial charge in [-0.1, -0.05) is 36.4 Å². The van der Waals surface area contributed by atoms with E-state index in [0.717, 1.165) is 5.56 Å². The summed E-state index contributed by atoms with van der Waals surface area (Å²) >= 11 is 0. The molecule has 1 amide bonds. The molecule has 5 rings (SSSR count). The number of aliphatic hydroxyl groups is 1. The molecule has 3 aromatic rings. The summed E-state index contributed by atoms with van der Waals surface area (Å²) in [7, 11) is 0. The quantitative estimate of drug-likeness (QED) is 0.389. The normalized spacial score (nSPS) is 19.2. The summed E-state index contributed by atoms with van der Waals surface area (Å²) in [4.78, 5) is 31.8. The molecule has 160 valence electrons. The molecule has 1 atom stereocenters. The third-order valence-corrected chi connectivity index (χ3v) is 5.55. The van der Waals surface area contributed by atoms with Crippen molar-refractivity contribution in [3.8, 4) is 11.5 Å². The second-order valence-corrected chi connectivity index (χ2v) is 7.56. The minimum absolute atomic E-state index is 0.0237. The Morgan fingerprint density at radius 1 is 1.00 bits per heavy atom. The van der Waals surface area contributed by atoms with Gasteiger partial charge in [0.1, 0.15) is 19.0 Å². The number of benzene rings is 2. The third-order valence-electron chi connectivity index (χ3n) is 5.55. The van der Waals surface area contributed by atoms with Crippen molar-refractivity contribution in [3.63, 3.8) is 0 Å². The van der Waals surface area contributed by atoms with Crippen molar-refractivity contribution < 1.29 is 24.2 Å². The molecule has 2 aliphatic rings. The molecule has 1 fully saturated rings. The van der Waals surface area contributed by atoms with Gasteiger partial charge in [0.15, 0.2) is 11.5 Å². The highest BCUT2D eigenvalue weighted by molar-refractivity contribution is 6.46. The van der Waals surface area contributed by atoms with Crippen LogP contribution >= 0.6 is 0 Å². The van der Waals surface area contributed by atoms with E-state index in [0.29, 0.717) is 35.8 Å². The van der Waals surface area contributed by atoms with Gasteiger partial charge in [-0.3, -0.25) is 14.6 Å². The third kappa shape index (κ3) is 3.47. The Morgan fingerprint density at radius 3 is 2.53 bits per heavy atom. The number of rotatable bonds is 4. The number of carbonyl (C=O) groups excluding carboxylic acids is 2. The van der Waals surface area contributed by atoms with Gasteiger partial charge in [0.25, 0.3) is 11.7 Å². The molecule has 0 radical (unpaired) electrons. The molecular weight excluding hydrogens is 408 g/mol. The van der Waals surface area contributed by atoms with Gasteiger partial charge in [-0.25, -0.2) is 0 Å². The molecule has 2 aromatic carbocycles. The van der Waals surface area contributed by atoms with Crippen molar-refractivity contribution in [3.05, 3.63) is 95.3 Å². The van der Waals surface area contributed by atoms with Crippen molar-refractivity contribution >= 4 is 17.4 Å². The lowest BCUT2D eigenvalue weighted by Crippen LogP contribution is -2.29. The number of fused-ring (bicyclic) bond motifs is 1. The van der Waals surface area contributed by atoms with Crippen LogP contribution in [-0.4, -0.2) is 39.9 Å². The summed E-state index contributed by atoms with van der Waals surface area (Å²) < 4.78 is 11.1. The molecule has 1 N–H and O–H groups in total. The van der Waals surface area contributed by atoms with Crippen molar-refractivity contribution in [2.75, 3.05) is 13.2 Å². The lowest BCUT2D eigenvalue weighted by molar-refractivity contribution is -0.140. The predicted octanol–water partition coefficient (Wildman–Crippen LogP) is 3.47. The van der Waals surface area contributed by atoms with Gasteiger partial charge < -0.3 is 19.5 Å². The molecule has 0 aliphatic carbocycles. The molecule has 0 spiro atoms. The first-order valence-electron chi connectivity index (χ1n) is 10.3. The Bertz CT molecular complexity index is 1210. The van der Waals surface area contributed by atoms with Crippen LogP contribution in [0.3, 0.4) is 0 Å². The van der Waals surface area contributed by atoms with E-state index in [1.54, 1.807) is 42.7 Å². The maximum absolute atomic E-state index is 13.1. The molecule has 0 bridgehead atoms. The van der Waals surface area contributed by atoms with Crippen LogP contribution in [-0.2, 0) is 16.1 Å². The summed E-state index contributed by atoms with van der Waals surface area (Å²) in [6, 6.07) is 17.1. The van der Waals surface area contributed by atoms with Gasteiger partial charge >= 0.3 is 0 Å². The summed E-state index contributed by atoms with van der Waals surface area (Å²) in [6.07, 6.45) is 3.22. The maximum Gasteiger partial charge on any atom is 0.295 e. The number of Topliss-reactive ketones (excluding diaryl/α,β-unsaturated/α-hetero) is 1. The van der Waals surface area contributed by atoms with Gasteiger partial charge in [-0.15, -0.1) is 0 Å². The first-order valence-corrected chi connectivity index (χ1v) is 10.3. The Balaban J connectivity index is 1.62. The van der Waals surface area contributed by atoms with Crippen LogP contribution in [0.4, 0.5) is 0 Å². The monoisotopic (exact) mass is 428 g/mol. The second-order valence-electron chi connectivity index (χ2n) is 7.56. The minimum atomic E-state index is -0.767. The van der Waals surface area contributed by atoms with E-state index < -0.39 is 17.7 Å². The maximum atomic E-state index is 13.1. The molecule has 0 unspecified atom stereocenters. The molecule has 1 saturated heterocycles. The summed E-state index contributed by atoms with van der Waals surface area (Å²) in [5.41, 5.74) is 1.92. The Labute approximate surface area is 184 Å². The topological polar surface area (TPSA) is 89.0 Å². The van der Waals surface area contributed by atoms with Crippen LogP contribution in [0.15, 0.2) is 78.6 Å². The van der Waals surface area contributed by atoms with E-state index in [-0.39, 0.29) is 17.9 Å². The largest absolute Gasteiger partial charge is 0.507 e. The van der Waals surface area contributed by atoms with Crippen molar-refractivity contribution in [1.29, 1.82) is 0 Å². The van der Waals surface area contributed by atoms with Gasteiger partial charge in [-0.2, -0.15) is 0 Å². The van der Waals surface area contributed by atoms with Crippen LogP contribution in [0.2, 0.25) is 0 Å². The predicted molar refractivity (Wildman–Crippen MR) is 116 cm³/mol. The second kappa shape index (κ2) is 8.19. The number of carbonyl (C=O) groups is 2. The Hall–Kier alpha value is -4.13. The van der Waals surface area contributed by atoms with E-state index in [1.165, 1.54) is 4.90 Å². The lowest BCUT2D eigenvalue weighted by Gasteiger charge is -2.25. The minimum Gasteiger partial charge on any atom is -0.507 e. The van der Waals surface area contributed by atoms with E-state index in [2.05, 4.69) is 4.98 Å². The van der Waals surface area contributed by atoms with E-state index in [1.807, 2.05) is 30.3 Å². The summed E-state index contributed by atoms with van der Waals surface area (Å²) in [5.74, 6) is -0.605. The average molecular weight is 428 g/mol. The first kappa shape index (κ1) is 19.8. The van der Waals surface area contributed by atoms with E-state index >= 15 is 0 Å². The SMILES string of the molecule is O=C1C(=O)N(Cc2ccccc2)[C@H](c2cccnc2)C1=C(O)c1ccc2c(c1)OCCO2.